The maximum absolute atomic E-state index is 11.2. The Morgan fingerprint density at radius 2 is 2.25 bits per heavy atom. The van der Waals surface area contributed by atoms with Gasteiger partial charge in [0, 0.05) is 6.54 Å². The molecule has 1 aromatic carbocycles. The van der Waals surface area contributed by atoms with Crippen LogP contribution in [0.4, 0.5) is 0 Å². The second kappa shape index (κ2) is 6.14. The molecule has 2 aromatic rings. The number of carbonyl (C=O) groups is 1. The van der Waals surface area contributed by atoms with E-state index in [1.807, 2.05) is 13.8 Å². The standard InChI is InChI=1S/C13H16N4O3/c1-3-6-17-12(14-15-16-17)8-20-11-5-4-9(2)7-10(11)13(18)19/h4-5,7H,3,6,8H2,1-2H3,(H,18,19). The summed E-state index contributed by atoms with van der Waals surface area (Å²) < 4.78 is 7.19. The van der Waals surface area contributed by atoms with Crippen LogP contribution in [-0.4, -0.2) is 31.3 Å². The average Bonchev–Trinajstić information content (AvgIpc) is 2.85. The molecule has 0 aliphatic rings. The smallest absolute Gasteiger partial charge is 0.339 e. The van der Waals surface area contributed by atoms with Gasteiger partial charge in [-0.15, -0.1) is 5.10 Å². The summed E-state index contributed by atoms with van der Waals surface area (Å²) in [7, 11) is 0. The normalized spacial score (nSPS) is 10.5. The monoisotopic (exact) mass is 276 g/mol. The molecule has 2 rings (SSSR count). The topological polar surface area (TPSA) is 90.1 Å². The SMILES string of the molecule is CCCn1nnnc1COc1ccc(C)cc1C(=O)O. The Morgan fingerprint density at radius 3 is 2.95 bits per heavy atom. The minimum absolute atomic E-state index is 0.135. The lowest BCUT2D eigenvalue weighted by Crippen LogP contribution is -2.10. The van der Waals surface area contributed by atoms with E-state index >= 15 is 0 Å². The Labute approximate surface area is 116 Å². The molecule has 7 nitrogen and oxygen atoms in total. The first-order valence-corrected chi connectivity index (χ1v) is 6.33. The van der Waals surface area contributed by atoms with Crippen LogP contribution in [0.1, 0.15) is 35.1 Å². The lowest BCUT2D eigenvalue weighted by atomic mass is 10.1. The van der Waals surface area contributed by atoms with Gasteiger partial charge in [0.05, 0.1) is 0 Å². The zero-order valence-electron chi connectivity index (χ0n) is 11.4. The lowest BCUT2D eigenvalue weighted by molar-refractivity contribution is 0.0691. The van der Waals surface area contributed by atoms with Crippen molar-refractivity contribution < 1.29 is 14.6 Å². The largest absolute Gasteiger partial charge is 0.485 e. The molecule has 0 saturated carbocycles. The molecule has 0 spiro atoms. The molecule has 0 aliphatic heterocycles. The molecule has 0 atom stereocenters. The number of rotatable bonds is 6. The predicted octanol–water partition coefficient (Wildman–Crippen LogP) is 1.67. The van der Waals surface area contributed by atoms with Crippen LogP contribution >= 0.6 is 0 Å². The molecule has 7 heteroatoms. The van der Waals surface area contributed by atoms with Gasteiger partial charge in [0.2, 0.25) is 0 Å². The van der Waals surface area contributed by atoms with Crippen LogP contribution in [0.5, 0.6) is 5.75 Å². The van der Waals surface area contributed by atoms with Crippen molar-refractivity contribution in [3.63, 3.8) is 0 Å². The Morgan fingerprint density at radius 1 is 1.45 bits per heavy atom. The quantitative estimate of drug-likeness (QED) is 0.863. The van der Waals surface area contributed by atoms with Crippen LogP contribution in [0, 0.1) is 6.92 Å². The number of carboxylic acid groups (broad SMARTS) is 1. The van der Waals surface area contributed by atoms with Crippen molar-refractivity contribution in [1.82, 2.24) is 20.2 Å². The average molecular weight is 276 g/mol. The summed E-state index contributed by atoms with van der Waals surface area (Å²) in [6.45, 7) is 4.69. The number of tetrazole rings is 1. The zero-order valence-corrected chi connectivity index (χ0v) is 11.4. The molecule has 1 aromatic heterocycles. The first-order chi connectivity index (χ1) is 9.61. The van der Waals surface area contributed by atoms with E-state index in [2.05, 4.69) is 15.5 Å². The van der Waals surface area contributed by atoms with Crippen molar-refractivity contribution in [3.05, 3.63) is 35.2 Å². The Balaban J connectivity index is 2.14. The molecule has 0 bridgehead atoms. The summed E-state index contributed by atoms with van der Waals surface area (Å²) >= 11 is 0. The van der Waals surface area contributed by atoms with Crippen LogP contribution in [0.25, 0.3) is 0 Å². The molecule has 0 fully saturated rings. The van der Waals surface area contributed by atoms with Gasteiger partial charge >= 0.3 is 5.97 Å². The number of hydrogen-bond donors (Lipinski definition) is 1. The Bertz CT molecular complexity index is 609. The second-order valence-corrected chi connectivity index (χ2v) is 4.41. The summed E-state index contributed by atoms with van der Waals surface area (Å²) in [5.41, 5.74) is 1.00. The third kappa shape index (κ3) is 3.11. The number of benzene rings is 1. The van der Waals surface area contributed by atoms with Crippen molar-refractivity contribution in [2.24, 2.45) is 0 Å². The first-order valence-electron chi connectivity index (χ1n) is 6.33. The van der Waals surface area contributed by atoms with Crippen molar-refractivity contribution >= 4 is 5.97 Å². The van der Waals surface area contributed by atoms with Gasteiger partial charge < -0.3 is 9.84 Å². The van der Waals surface area contributed by atoms with E-state index in [4.69, 9.17) is 9.84 Å². The predicted molar refractivity (Wildman–Crippen MR) is 70.6 cm³/mol. The van der Waals surface area contributed by atoms with Gasteiger partial charge in [-0.05, 0) is 35.9 Å². The maximum atomic E-state index is 11.2. The van der Waals surface area contributed by atoms with E-state index in [9.17, 15) is 4.79 Å². The lowest BCUT2D eigenvalue weighted by Gasteiger charge is -2.09. The fourth-order valence-corrected chi connectivity index (χ4v) is 1.79. The van der Waals surface area contributed by atoms with Crippen molar-refractivity contribution in [2.75, 3.05) is 0 Å². The van der Waals surface area contributed by atoms with Crippen LogP contribution in [0.15, 0.2) is 18.2 Å². The third-order valence-corrected chi connectivity index (χ3v) is 2.76. The fraction of sp³-hybridized carbons (Fsp3) is 0.385. The molecule has 20 heavy (non-hydrogen) atoms. The maximum Gasteiger partial charge on any atom is 0.339 e. The van der Waals surface area contributed by atoms with E-state index in [-0.39, 0.29) is 12.2 Å². The molecule has 1 N–H and O–H groups in total. The highest BCUT2D eigenvalue weighted by Gasteiger charge is 2.13. The van der Waals surface area contributed by atoms with E-state index in [1.54, 1.807) is 22.9 Å². The number of aryl methyl sites for hydroxylation is 2. The molecule has 0 unspecified atom stereocenters. The summed E-state index contributed by atoms with van der Waals surface area (Å²) in [6.07, 6.45) is 0.906. The second-order valence-electron chi connectivity index (χ2n) is 4.41. The number of carboxylic acids is 1. The fourth-order valence-electron chi connectivity index (χ4n) is 1.79. The highest BCUT2D eigenvalue weighted by atomic mass is 16.5. The van der Waals surface area contributed by atoms with Gasteiger partial charge in [0.15, 0.2) is 5.82 Å². The molecule has 106 valence electrons. The van der Waals surface area contributed by atoms with E-state index in [0.29, 0.717) is 18.1 Å². The minimum atomic E-state index is -1.02. The van der Waals surface area contributed by atoms with Crippen molar-refractivity contribution in [1.29, 1.82) is 0 Å². The number of aromatic carboxylic acids is 1. The van der Waals surface area contributed by atoms with Crippen LogP contribution in [-0.2, 0) is 13.2 Å². The van der Waals surface area contributed by atoms with Crippen LogP contribution in [0.2, 0.25) is 0 Å². The number of aromatic nitrogens is 4. The summed E-state index contributed by atoms with van der Waals surface area (Å²) in [5, 5.41) is 20.5. The number of ether oxygens (including phenoxy) is 1. The van der Waals surface area contributed by atoms with Gasteiger partial charge in [0.25, 0.3) is 0 Å². The van der Waals surface area contributed by atoms with E-state index in [0.717, 1.165) is 12.0 Å². The van der Waals surface area contributed by atoms with Crippen LogP contribution < -0.4 is 4.74 Å². The molecule has 0 saturated heterocycles. The van der Waals surface area contributed by atoms with E-state index < -0.39 is 5.97 Å². The first kappa shape index (κ1) is 14.0. The molecule has 0 amide bonds. The van der Waals surface area contributed by atoms with Crippen molar-refractivity contribution in [2.45, 2.75) is 33.4 Å². The van der Waals surface area contributed by atoms with Gasteiger partial charge in [-0.1, -0.05) is 18.6 Å². The van der Waals surface area contributed by atoms with Crippen molar-refractivity contribution in [3.8, 4) is 5.75 Å². The minimum Gasteiger partial charge on any atom is -0.485 e. The molecule has 0 aliphatic carbocycles. The zero-order chi connectivity index (χ0) is 14.5. The molecular formula is C13H16N4O3. The van der Waals surface area contributed by atoms with Gasteiger partial charge in [-0.2, -0.15) is 0 Å². The van der Waals surface area contributed by atoms with Crippen LogP contribution in [0.3, 0.4) is 0 Å². The highest BCUT2D eigenvalue weighted by Crippen LogP contribution is 2.21. The molecule has 1 heterocycles. The third-order valence-electron chi connectivity index (χ3n) is 2.76. The summed E-state index contributed by atoms with van der Waals surface area (Å²) in [5.74, 6) is -0.130. The summed E-state index contributed by atoms with van der Waals surface area (Å²) in [4.78, 5) is 11.2. The summed E-state index contributed by atoms with van der Waals surface area (Å²) in [6, 6.07) is 5.02. The van der Waals surface area contributed by atoms with Gasteiger partial charge in [-0.25, -0.2) is 9.48 Å². The van der Waals surface area contributed by atoms with Gasteiger partial charge in [0.1, 0.15) is 17.9 Å². The Hall–Kier alpha value is -2.44. The molecule has 0 radical (unpaired) electrons. The van der Waals surface area contributed by atoms with Gasteiger partial charge in [-0.3, -0.25) is 0 Å². The number of hydrogen-bond acceptors (Lipinski definition) is 5. The van der Waals surface area contributed by atoms with E-state index in [1.165, 1.54) is 0 Å². The number of nitrogens with zero attached hydrogens (tertiary/aromatic N) is 4. The highest BCUT2D eigenvalue weighted by molar-refractivity contribution is 5.91. The Kier molecular flexibility index (Phi) is 4.29. The molecular weight excluding hydrogens is 260 g/mol.